The fraction of sp³-hybridized carbons (Fsp3) is 0.500. The van der Waals surface area contributed by atoms with Crippen molar-refractivity contribution in [1.29, 1.82) is 0 Å². The third kappa shape index (κ3) is 4.66. The molecule has 1 aromatic carbocycles. The van der Waals surface area contributed by atoms with Gasteiger partial charge >= 0.3 is 18.0 Å². The lowest BCUT2D eigenvalue weighted by atomic mass is 9.86. The number of hydrogen-bond donors (Lipinski definition) is 4. The molecule has 1 heterocycles. The number of urea groups is 2. The molecule has 0 unspecified atom stereocenters. The van der Waals surface area contributed by atoms with Crippen LogP contribution in [0.2, 0.25) is 0 Å². The lowest BCUT2D eigenvalue weighted by Gasteiger charge is -2.28. The van der Waals surface area contributed by atoms with Crippen molar-refractivity contribution in [2.45, 2.75) is 38.1 Å². The number of carboxylic acids is 1. The normalized spacial score (nSPS) is 22.7. The van der Waals surface area contributed by atoms with Crippen LogP contribution in [0.1, 0.15) is 32.1 Å². The summed E-state index contributed by atoms with van der Waals surface area (Å²) in [6, 6.07) is 3.19. The number of carboxylic acid groups (broad SMARTS) is 1. The number of benzene rings is 1. The van der Waals surface area contributed by atoms with Crippen LogP contribution in [0.25, 0.3) is 0 Å². The second-order valence-corrected chi connectivity index (χ2v) is 6.89. The summed E-state index contributed by atoms with van der Waals surface area (Å²) in [5, 5.41) is 17.1. The molecule has 4 N–H and O–H groups in total. The summed E-state index contributed by atoms with van der Waals surface area (Å²) in [5.74, 6) is -1.68. The highest BCUT2D eigenvalue weighted by Gasteiger charge is 2.27. The second kappa shape index (κ2) is 8.24. The number of hydrogen-bond acceptors (Lipinski definition) is 3. The third-order valence-electron chi connectivity index (χ3n) is 4.99. The van der Waals surface area contributed by atoms with Gasteiger partial charge in [0, 0.05) is 24.8 Å². The van der Waals surface area contributed by atoms with Gasteiger partial charge in [0.2, 0.25) is 0 Å². The summed E-state index contributed by atoms with van der Waals surface area (Å²) in [6.45, 7) is 0.965. The van der Waals surface area contributed by atoms with Gasteiger partial charge in [-0.3, -0.25) is 9.69 Å². The Labute approximate surface area is 156 Å². The number of halogens is 1. The molecular formula is C18H23FN4O4. The number of amides is 4. The first-order valence-corrected chi connectivity index (χ1v) is 9.09. The highest BCUT2D eigenvalue weighted by Crippen LogP contribution is 2.26. The number of aliphatic carboxylic acids is 1. The van der Waals surface area contributed by atoms with Crippen molar-refractivity contribution in [2.24, 2.45) is 5.92 Å². The Morgan fingerprint density at radius 2 is 1.96 bits per heavy atom. The smallest absolute Gasteiger partial charge is 0.321 e. The van der Waals surface area contributed by atoms with E-state index in [-0.39, 0.29) is 23.7 Å². The second-order valence-electron chi connectivity index (χ2n) is 6.89. The molecule has 9 heteroatoms. The summed E-state index contributed by atoms with van der Waals surface area (Å²) in [4.78, 5) is 36.4. The molecule has 0 radical (unpaired) electrons. The Bertz CT molecular complexity index is 734. The number of anilines is 2. The van der Waals surface area contributed by atoms with Crippen LogP contribution in [0.3, 0.4) is 0 Å². The molecule has 3 rings (SSSR count). The summed E-state index contributed by atoms with van der Waals surface area (Å²) in [5.41, 5.74) is 0.494. The van der Waals surface area contributed by atoms with Crippen molar-refractivity contribution >= 4 is 29.4 Å². The fourth-order valence-electron chi connectivity index (χ4n) is 3.49. The van der Waals surface area contributed by atoms with Gasteiger partial charge in [-0.25, -0.2) is 14.0 Å². The van der Waals surface area contributed by atoms with Gasteiger partial charge in [-0.05, 0) is 50.3 Å². The van der Waals surface area contributed by atoms with Crippen LogP contribution in [-0.2, 0) is 4.79 Å². The summed E-state index contributed by atoms with van der Waals surface area (Å²) in [6.07, 6.45) is 2.98. The highest BCUT2D eigenvalue weighted by atomic mass is 19.1. The highest BCUT2D eigenvalue weighted by molar-refractivity contribution is 5.95. The molecule has 8 nitrogen and oxygen atoms in total. The molecule has 1 saturated carbocycles. The van der Waals surface area contributed by atoms with E-state index < -0.39 is 17.8 Å². The van der Waals surface area contributed by atoms with E-state index in [9.17, 15) is 18.8 Å². The third-order valence-corrected chi connectivity index (χ3v) is 4.99. The van der Waals surface area contributed by atoms with Gasteiger partial charge in [-0.1, -0.05) is 0 Å². The van der Waals surface area contributed by atoms with Crippen molar-refractivity contribution in [3.8, 4) is 0 Å². The molecule has 0 spiro atoms. The zero-order chi connectivity index (χ0) is 19.4. The van der Waals surface area contributed by atoms with E-state index in [1.165, 1.54) is 23.1 Å². The molecular weight excluding hydrogens is 355 g/mol. The van der Waals surface area contributed by atoms with Gasteiger partial charge < -0.3 is 21.1 Å². The van der Waals surface area contributed by atoms with E-state index in [0.29, 0.717) is 50.9 Å². The van der Waals surface area contributed by atoms with Gasteiger partial charge in [0.25, 0.3) is 0 Å². The van der Waals surface area contributed by atoms with Crippen LogP contribution in [0, 0.1) is 11.7 Å². The Balaban J connectivity index is 1.59. The van der Waals surface area contributed by atoms with Crippen LogP contribution in [0.4, 0.5) is 25.4 Å². The molecule has 1 saturated heterocycles. The standard InChI is InChI=1S/C18H23FN4O4/c19-14-7-6-13(10-15(14)23-9-1-8-20-18(23)27)22-17(26)21-12-4-2-11(3-5-12)16(24)25/h6-7,10-12H,1-5,8-9H2,(H,20,27)(H,24,25)(H2,21,22,26). The van der Waals surface area contributed by atoms with E-state index in [1.807, 2.05) is 0 Å². The Hall–Kier alpha value is -2.84. The first-order valence-electron chi connectivity index (χ1n) is 9.09. The first kappa shape index (κ1) is 18.9. The van der Waals surface area contributed by atoms with E-state index >= 15 is 0 Å². The monoisotopic (exact) mass is 378 g/mol. The molecule has 4 amide bonds. The van der Waals surface area contributed by atoms with Gasteiger partial charge in [0.05, 0.1) is 11.6 Å². The van der Waals surface area contributed by atoms with Crippen molar-refractivity contribution in [1.82, 2.24) is 10.6 Å². The average Bonchev–Trinajstić information content (AvgIpc) is 2.64. The summed E-state index contributed by atoms with van der Waals surface area (Å²) in [7, 11) is 0. The topological polar surface area (TPSA) is 111 Å². The summed E-state index contributed by atoms with van der Waals surface area (Å²) >= 11 is 0. The average molecular weight is 378 g/mol. The molecule has 0 bridgehead atoms. The van der Waals surface area contributed by atoms with E-state index in [0.717, 1.165) is 0 Å². The number of carbonyl (C=O) groups is 3. The van der Waals surface area contributed by atoms with E-state index in [2.05, 4.69) is 16.0 Å². The molecule has 2 fully saturated rings. The Morgan fingerprint density at radius 1 is 1.22 bits per heavy atom. The molecule has 1 aliphatic carbocycles. The summed E-state index contributed by atoms with van der Waals surface area (Å²) < 4.78 is 14.1. The molecule has 0 aromatic heterocycles. The number of nitrogens with zero attached hydrogens (tertiary/aromatic N) is 1. The van der Waals surface area contributed by atoms with Crippen LogP contribution in [0.5, 0.6) is 0 Å². The van der Waals surface area contributed by atoms with Crippen molar-refractivity contribution in [2.75, 3.05) is 23.3 Å². The molecule has 1 aromatic rings. The lowest BCUT2D eigenvalue weighted by molar-refractivity contribution is -0.142. The van der Waals surface area contributed by atoms with Gasteiger partial charge in [0.15, 0.2) is 0 Å². The molecule has 2 aliphatic rings. The predicted octanol–water partition coefficient (Wildman–Crippen LogP) is 2.51. The SMILES string of the molecule is O=C(Nc1ccc(F)c(N2CCCNC2=O)c1)NC1CCC(C(=O)O)CC1. The minimum Gasteiger partial charge on any atom is -0.481 e. The Kier molecular flexibility index (Phi) is 5.78. The lowest BCUT2D eigenvalue weighted by Crippen LogP contribution is -2.47. The fourth-order valence-corrected chi connectivity index (χ4v) is 3.49. The van der Waals surface area contributed by atoms with Crippen molar-refractivity contribution in [3.05, 3.63) is 24.0 Å². The molecule has 1 aliphatic heterocycles. The zero-order valence-electron chi connectivity index (χ0n) is 14.8. The van der Waals surface area contributed by atoms with Crippen LogP contribution in [-0.4, -0.2) is 42.3 Å². The minimum atomic E-state index is -0.793. The number of nitrogens with one attached hydrogen (secondary N) is 3. The van der Waals surface area contributed by atoms with Crippen molar-refractivity contribution < 1.29 is 23.9 Å². The zero-order valence-corrected chi connectivity index (χ0v) is 14.8. The van der Waals surface area contributed by atoms with E-state index in [1.54, 1.807) is 0 Å². The first-order chi connectivity index (χ1) is 12.9. The van der Waals surface area contributed by atoms with Gasteiger partial charge in [-0.15, -0.1) is 0 Å². The van der Waals surface area contributed by atoms with Crippen molar-refractivity contribution in [3.63, 3.8) is 0 Å². The largest absolute Gasteiger partial charge is 0.481 e. The molecule has 0 atom stereocenters. The maximum Gasteiger partial charge on any atom is 0.321 e. The van der Waals surface area contributed by atoms with Crippen LogP contribution >= 0.6 is 0 Å². The quantitative estimate of drug-likeness (QED) is 0.645. The maximum atomic E-state index is 14.1. The van der Waals surface area contributed by atoms with E-state index in [4.69, 9.17) is 5.11 Å². The van der Waals surface area contributed by atoms with Gasteiger partial charge in [0.1, 0.15) is 5.82 Å². The molecule has 27 heavy (non-hydrogen) atoms. The van der Waals surface area contributed by atoms with Crippen LogP contribution in [0.15, 0.2) is 18.2 Å². The molecule has 146 valence electrons. The predicted molar refractivity (Wildman–Crippen MR) is 97.3 cm³/mol. The van der Waals surface area contributed by atoms with Crippen LogP contribution < -0.4 is 20.9 Å². The maximum absolute atomic E-state index is 14.1. The Morgan fingerprint density at radius 3 is 2.63 bits per heavy atom. The number of carbonyl (C=O) groups excluding carboxylic acids is 2. The minimum absolute atomic E-state index is 0.0895. The number of rotatable bonds is 4. The van der Waals surface area contributed by atoms with Gasteiger partial charge in [-0.2, -0.15) is 0 Å².